The van der Waals surface area contributed by atoms with E-state index in [9.17, 15) is 0 Å². The Morgan fingerprint density at radius 3 is 1.90 bits per heavy atom. The number of hydrogen-bond acceptors (Lipinski definition) is 2. The van der Waals surface area contributed by atoms with E-state index in [1.54, 1.807) is 7.11 Å². The molecule has 8 aromatic carbocycles. The van der Waals surface area contributed by atoms with E-state index in [0.29, 0.717) is 0 Å². The minimum Gasteiger partial charge on any atom is -0.497 e. The van der Waals surface area contributed by atoms with E-state index < -0.39 is 0 Å². The largest absolute Gasteiger partial charge is 0.497 e. The average molecular weight is 643 g/mol. The first-order chi connectivity index (χ1) is 24.7. The maximum Gasteiger partial charge on any atom is 0.119 e. The van der Waals surface area contributed by atoms with E-state index in [-0.39, 0.29) is 0 Å². The zero-order chi connectivity index (χ0) is 33.4. The van der Waals surface area contributed by atoms with Gasteiger partial charge >= 0.3 is 0 Å². The van der Waals surface area contributed by atoms with Crippen molar-refractivity contribution < 1.29 is 4.74 Å². The fraction of sp³-hybridized carbons (Fsp3) is 0.0213. The molecule has 0 N–H and O–H groups in total. The molecule has 3 nitrogen and oxygen atoms in total. The van der Waals surface area contributed by atoms with Gasteiger partial charge in [-0.2, -0.15) is 0 Å². The topological polar surface area (TPSA) is 17.4 Å². The van der Waals surface area contributed by atoms with E-state index in [1.807, 2.05) is 12.1 Å². The maximum absolute atomic E-state index is 5.51. The number of fused-ring (bicyclic) bond motifs is 4. The molecule has 0 radical (unpaired) electrons. The highest BCUT2D eigenvalue weighted by atomic mass is 16.5. The van der Waals surface area contributed by atoms with Crippen LogP contribution in [0.25, 0.3) is 60.5 Å². The number of para-hydroxylation sites is 1. The highest BCUT2D eigenvalue weighted by Gasteiger charge is 2.18. The molecule has 9 rings (SSSR count). The summed E-state index contributed by atoms with van der Waals surface area (Å²) in [6.45, 7) is 0. The molecular formula is C47H34N2O. The van der Waals surface area contributed by atoms with Crippen LogP contribution in [0, 0.1) is 0 Å². The van der Waals surface area contributed by atoms with Crippen LogP contribution in [0.4, 0.5) is 17.1 Å². The molecule has 0 bridgehead atoms. The number of anilines is 3. The molecule has 0 aliphatic heterocycles. The Balaban J connectivity index is 1.21. The van der Waals surface area contributed by atoms with Gasteiger partial charge in [0.25, 0.3) is 0 Å². The Morgan fingerprint density at radius 1 is 0.420 bits per heavy atom. The van der Waals surface area contributed by atoms with Gasteiger partial charge in [-0.3, -0.25) is 0 Å². The van der Waals surface area contributed by atoms with Gasteiger partial charge in [-0.25, -0.2) is 0 Å². The number of hydrogen-bond donors (Lipinski definition) is 0. The SMILES string of the molecule is COc1ccc(N(c2cccc(-c3ccc4c5ccccc5n(-c5cccc(-c6ccccc6)c5)c4c3)c2)c2cccc3ccccc23)cc1. The lowest BCUT2D eigenvalue weighted by atomic mass is 10.0. The van der Waals surface area contributed by atoms with Crippen LogP contribution in [0.2, 0.25) is 0 Å². The standard InChI is InChI=1S/C47H34N2O/c1-50-41-27-25-38(26-28-41)48(45-23-11-15-34-14-5-6-20-42(34)45)39-18-10-17-36(31-39)37-24-29-44-43-21-7-8-22-46(43)49(47(44)32-37)40-19-9-16-35(30-40)33-12-3-2-4-13-33/h2-32H,1H3. The quantitative estimate of drug-likeness (QED) is 0.172. The minimum atomic E-state index is 0.832. The van der Waals surface area contributed by atoms with Gasteiger partial charge in [0, 0.05) is 33.2 Å². The van der Waals surface area contributed by atoms with Crippen molar-refractivity contribution in [2.75, 3.05) is 12.0 Å². The van der Waals surface area contributed by atoms with Crippen LogP contribution in [0.15, 0.2) is 188 Å². The summed E-state index contributed by atoms with van der Waals surface area (Å²) in [6, 6.07) is 67.3. The second-order valence-corrected chi connectivity index (χ2v) is 12.6. The van der Waals surface area contributed by atoms with Crippen LogP contribution in [-0.2, 0) is 0 Å². The van der Waals surface area contributed by atoms with E-state index >= 15 is 0 Å². The molecule has 238 valence electrons. The van der Waals surface area contributed by atoms with Crippen molar-refractivity contribution in [3.05, 3.63) is 188 Å². The maximum atomic E-state index is 5.51. The number of benzene rings is 8. The van der Waals surface area contributed by atoms with Crippen LogP contribution >= 0.6 is 0 Å². The van der Waals surface area contributed by atoms with Crippen molar-refractivity contribution in [3.8, 4) is 33.7 Å². The molecular weight excluding hydrogens is 609 g/mol. The zero-order valence-corrected chi connectivity index (χ0v) is 27.7. The van der Waals surface area contributed by atoms with Crippen LogP contribution in [0.1, 0.15) is 0 Å². The van der Waals surface area contributed by atoms with Gasteiger partial charge in [0.2, 0.25) is 0 Å². The van der Waals surface area contributed by atoms with Crippen molar-refractivity contribution in [3.63, 3.8) is 0 Å². The summed E-state index contributed by atoms with van der Waals surface area (Å²) < 4.78 is 7.92. The number of rotatable bonds is 7. The van der Waals surface area contributed by atoms with Gasteiger partial charge in [-0.05, 0) is 94.4 Å². The van der Waals surface area contributed by atoms with Gasteiger partial charge in [-0.15, -0.1) is 0 Å². The monoisotopic (exact) mass is 642 g/mol. The van der Waals surface area contributed by atoms with Crippen molar-refractivity contribution in [2.24, 2.45) is 0 Å². The fourth-order valence-electron chi connectivity index (χ4n) is 7.27. The van der Waals surface area contributed by atoms with Crippen molar-refractivity contribution in [1.82, 2.24) is 4.57 Å². The molecule has 3 heteroatoms. The summed E-state index contributed by atoms with van der Waals surface area (Å²) in [6.07, 6.45) is 0. The van der Waals surface area contributed by atoms with E-state index in [0.717, 1.165) is 39.6 Å². The summed E-state index contributed by atoms with van der Waals surface area (Å²) in [4.78, 5) is 2.34. The predicted octanol–water partition coefficient (Wildman–Crippen LogP) is 12.7. The summed E-state index contributed by atoms with van der Waals surface area (Å²) in [7, 11) is 1.71. The molecule has 0 atom stereocenters. The average Bonchev–Trinajstić information content (AvgIpc) is 3.52. The first-order valence-corrected chi connectivity index (χ1v) is 17.0. The molecule has 9 aromatic rings. The minimum absolute atomic E-state index is 0.832. The molecule has 0 unspecified atom stereocenters. The molecule has 1 heterocycles. The third-order valence-corrected chi connectivity index (χ3v) is 9.66. The lowest BCUT2D eigenvalue weighted by molar-refractivity contribution is 0.415. The molecule has 0 spiro atoms. The van der Waals surface area contributed by atoms with Crippen LogP contribution in [0.5, 0.6) is 5.75 Å². The second-order valence-electron chi connectivity index (χ2n) is 12.6. The van der Waals surface area contributed by atoms with Crippen LogP contribution in [-0.4, -0.2) is 11.7 Å². The van der Waals surface area contributed by atoms with Crippen molar-refractivity contribution >= 4 is 49.6 Å². The molecule has 0 amide bonds. The Bertz CT molecular complexity index is 2630. The van der Waals surface area contributed by atoms with Gasteiger partial charge in [0.15, 0.2) is 0 Å². The van der Waals surface area contributed by atoms with Gasteiger partial charge < -0.3 is 14.2 Å². The molecule has 0 saturated carbocycles. The molecule has 0 aliphatic rings. The summed E-state index contributed by atoms with van der Waals surface area (Å²) in [5, 5.41) is 4.88. The Labute approximate surface area is 291 Å². The van der Waals surface area contributed by atoms with Gasteiger partial charge in [-0.1, -0.05) is 121 Å². The summed E-state index contributed by atoms with van der Waals surface area (Å²) in [5.41, 5.74) is 11.5. The molecule has 50 heavy (non-hydrogen) atoms. The van der Waals surface area contributed by atoms with E-state index in [1.165, 1.54) is 43.7 Å². The zero-order valence-electron chi connectivity index (χ0n) is 27.7. The molecule has 0 fully saturated rings. The number of ether oxygens (including phenoxy) is 1. The van der Waals surface area contributed by atoms with Crippen molar-refractivity contribution in [2.45, 2.75) is 0 Å². The fourth-order valence-corrected chi connectivity index (χ4v) is 7.27. The highest BCUT2D eigenvalue weighted by Crippen LogP contribution is 2.41. The third kappa shape index (κ3) is 5.17. The summed E-state index contributed by atoms with van der Waals surface area (Å²) >= 11 is 0. The number of methoxy groups -OCH3 is 1. The highest BCUT2D eigenvalue weighted by molar-refractivity contribution is 6.10. The number of aromatic nitrogens is 1. The van der Waals surface area contributed by atoms with E-state index in [4.69, 9.17) is 4.74 Å². The Morgan fingerprint density at radius 2 is 1.06 bits per heavy atom. The lowest BCUT2D eigenvalue weighted by Gasteiger charge is -2.27. The molecule has 1 aromatic heterocycles. The smallest absolute Gasteiger partial charge is 0.119 e. The predicted molar refractivity (Wildman–Crippen MR) is 210 cm³/mol. The lowest BCUT2D eigenvalue weighted by Crippen LogP contribution is -2.10. The first-order valence-electron chi connectivity index (χ1n) is 17.0. The number of nitrogens with zero attached hydrogens (tertiary/aromatic N) is 2. The third-order valence-electron chi connectivity index (χ3n) is 9.66. The summed E-state index contributed by atoms with van der Waals surface area (Å²) in [5.74, 6) is 0.832. The van der Waals surface area contributed by atoms with Gasteiger partial charge in [0.05, 0.1) is 23.8 Å². The molecule has 0 aliphatic carbocycles. The normalized spacial score (nSPS) is 11.3. The molecule has 0 saturated heterocycles. The van der Waals surface area contributed by atoms with Gasteiger partial charge in [0.1, 0.15) is 5.75 Å². The Hall–Kier alpha value is -6.58. The second kappa shape index (κ2) is 12.5. The first kappa shape index (κ1) is 29.6. The Kier molecular flexibility index (Phi) is 7.37. The van der Waals surface area contributed by atoms with Crippen LogP contribution < -0.4 is 9.64 Å². The van der Waals surface area contributed by atoms with Crippen molar-refractivity contribution in [1.29, 1.82) is 0 Å². The van der Waals surface area contributed by atoms with E-state index in [2.05, 4.69) is 185 Å². The van der Waals surface area contributed by atoms with Crippen LogP contribution in [0.3, 0.4) is 0 Å².